The number of nitrogens with zero attached hydrogens (tertiary/aromatic N) is 3. The summed E-state index contributed by atoms with van der Waals surface area (Å²) < 4.78 is 4.86. The Kier molecular flexibility index (Phi) is 4.74. The molecule has 1 saturated heterocycles. The zero-order valence-electron chi connectivity index (χ0n) is 11.2. The fourth-order valence-electron chi connectivity index (χ4n) is 2.71. The third-order valence-corrected chi connectivity index (χ3v) is 3.61. The number of rotatable bonds is 5. The molecule has 2 rings (SSSR count). The highest BCUT2D eigenvalue weighted by Gasteiger charge is 2.28. The molecule has 1 aromatic heterocycles. The van der Waals surface area contributed by atoms with Gasteiger partial charge in [0.1, 0.15) is 6.26 Å². The average Bonchev–Trinajstić information content (AvgIpc) is 2.82. The van der Waals surface area contributed by atoms with Gasteiger partial charge in [0.05, 0.1) is 5.69 Å². The maximum Gasteiger partial charge on any atom is 0.124 e. The summed E-state index contributed by atoms with van der Waals surface area (Å²) in [7, 11) is 0. The van der Waals surface area contributed by atoms with Crippen molar-refractivity contribution < 1.29 is 9.63 Å². The van der Waals surface area contributed by atoms with Crippen LogP contribution in [0.2, 0.25) is 0 Å². The molecule has 0 unspecified atom stereocenters. The molecule has 0 aliphatic carbocycles. The molecular formula is C13H23N3O2. The van der Waals surface area contributed by atoms with Crippen molar-refractivity contribution in [3.8, 4) is 0 Å². The number of hydrogen-bond acceptors (Lipinski definition) is 5. The number of hydrogen-bond donors (Lipinski definition) is 1. The Labute approximate surface area is 108 Å². The molecule has 5 heteroatoms. The molecule has 18 heavy (non-hydrogen) atoms. The van der Waals surface area contributed by atoms with Crippen molar-refractivity contribution in [2.45, 2.75) is 38.9 Å². The van der Waals surface area contributed by atoms with Gasteiger partial charge in [0.15, 0.2) is 0 Å². The third kappa shape index (κ3) is 3.31. The van der Waals surface area contributed by atoms with E-state index < -0.39 is 0 Å². The molecular weight excluding hydrogens is 230 g/mol. The highest BCUT2D eigenvalue weighted by Crippen LogP contribution is 2.17. The van der Waals surface area contributed by atoms with E-state index in [1.807, 2.05) is 6.07 Å². The van der Waals surface area contributed by atoms with Crippen LogP contribution in [-0.2, 0) is 6.54 Å². The van der Waals surface area contributed by atoms with Crippen LogP contribution >= 0.6 is 0 Å². The zero-order chi connectivity index (χ0) is 13.0. The van der Waals surface area contributed by atoms with Crippen molar-refractivity contribution in [3.63, 3.8) is 0 Å². The minimum atomic E-state index is 0.256. The molecule has 5 nitrogen and oxygen atoms in total. The molecule has 1 aromatic rings. The first kappa shape index (κ1) is 13.5. The molecule has 0 saturated carbocycles. The third-order valence-electron chi connectivity index (χ3n) is 3.61. The molecule has 1 fully saturated rings. The Balaban J connectivity index is 1.92. The summed E-state index contributed by atoms with van der Waals surface area (Å²) in [6.07, 6.45) is 2.46. The normalized spacial score (nSPS) is 22.8. The van der Waals surface area contributed by atoms with Gasteiger partial charge in [-0.1, -0.05) is 5.16 Å². The van der Waals surface area contributed by atoms with E-state index in [1.54, 1.807) is 6.26 Å². The highest BCUT2D eigenvalue weighted by atomic mass is 16.5. The zero-order valence-corrected chi connectivity index (χ0v) is 11.2. The monoisotopic (exact) mass is 253 g/mol. The summed E-state index contributed by atoms with van der Waals surface area (Å²) in [6, 6.07) is 2.89. The standard InChI is InChI=1S/C13H23N3O2/c1-11(2)16-6-5-15(10-13(16)3-7-17)9-12-4-8-18-14-12/h4,8,11,13,17H,3,5-7,9-10H2,1-2H3/t13-/m0/s1. The molecule has 0 amide bonds. The summed E-state index contributed by atoms with van der Waals surface area (Å²) in [5.41, 5.74) is 0.982. The summed E-state index contributed by atoms with van der Waals surface area (Å²) in [6.45, 7) is 8.63. The molecule has 1 N–H and O–H groups in total. The van der Waals surface area contributed by atoms with Gasteiger partial charge >= 0.3 is 0 Å². The Morgan fingerprint density at radius 1 is 1.50 bits per heavy atom. The van der Waals surface area contributed by atoms with Crippen LogP contribution < -0.4 is 0 Å². The summed E-state index contributed by atoms with van der Waals surface area (Å²) >= 11 is 0. The van der Waals surface area contributed by atoms with Gasteiger partial charge < -0.3 is 9.63 Å². The van der Waals surface area contributed by atoms with Crippen molar-refractivity contribution in [1.82, 2.24) is 15.0 Å². The van der Waals surface area contributed by atoms with Gasteiger partial charge in [0, 0.05) is 50.9 Å². The number of aliphatic hydroxyl groups is 1. The molecule has 102 valence electrons. The lowest BCUT2D eigenvalue weighted by molar-refractivity contribution is 0.0340. The minimum Gasteiger partial charge on any atom is -0.396 e. The van der Waals surface area contributed by atoms with E-state index in [9.17, 15) is 5.11 Å². The Morgan fingerprint density at radius 2 is 2.33 bits per heavy atom. The van der Waals surface area contributed by atoms with Crippen molar-refractivity contribution >= 4 is 0 Å². The predicted molar refractivity (Wildman–Crippen MR) is 69.1 cm³/mol. The van der Waals surface area contributed by atoms with E-state index in [4.69, 9.17) is 4.52 Å². The Bertz CT molecular complexity index is 340. The second-order valence-corrected chi connectivity index (χ2v) is 5.22. The lowest BCUT2D eigenvalue weighted by Crippen LogP contribution is -2.55. The summed E-state index contributed by atoms with van der Waals surface area (Å²) in [5.74, 6) is 0. The van der Waals surface area contributed by atoms with Crippen LogP contribution in [0.15, 0.2) is 16.9 Å². The van der Waals surface area contributed by atoms with E-state index in [0.29, 0.717) is 12.1 Å². The van der Waals surface area contributed by atoms with Crippen LogP contribution in [0, 0.1) is 0 Å². The minimum absolute atomic E-state index is 0.256. The second kappa shape index (κ2) is 6.31. The molecule has 0 spiro atoms. The fourth-order valence-corrected chi connectivity index (χ4v) is 2.71. The van der Waals surface area contributed by atoms with Gasteiger partial charge in [-0.25, -0.2) is 0 Å². The maximum absolute atomic E-state index is 9.19. The van der Waals surface area contributed by atoms with E-state index >= 15 is 0 Å². The maximum atomic E-state index is 9.19. The quantitative estimate of drug-likeness (QED) is 0.847. The summed E-state index contributed by atoms with van der Waals surface area (Å²) in [5, 5.41) is 13.1. The smallest absolute Gasteiger partial charge is 0.124 e. The lowest BCUT2D eigenvalue weighted by atomic mass is 10.1. The first-order valence-corrected chi connectivity index (χ1v) is 6.69. The SMILES string of the molecule is CC(C)N1CCN(Cc2ccon2)C[C@@H]1CCO. The highest BCUT2D eigenvalue weighted by molar-refractivity contribution is 4.96. The van der Waals surface area contributed by atoms with Gasteiger partial charge in [-0.05, 0) is 20.3 Å². The first-order chi connectivity index (χ1) is 8.70. The predicted octanol–water partition coefficient (Wildman–Crippen LogP) is 0.952. The van der Waals surface area contributed by atoms with E-state index in [1.165, 1.54) is 0 Å². The van der Waals surface area contributed by atoms with Crippen molar-refractivity contribution in [2.75, 3.05) is 26.2 Å². The topological polar surface area (TPSA) is 52.7 Å². The molecule has 1 aliphatic rings. The van der Waals surface area contributed by atoms with E-state index in [-0.39, 0.29) is 6.61 Å². The average molecular weight is 253 g/mol. The van der Waals surface area contributed by atoms with Crippen molar-refractivity contribution in [3.05, 3.63) is 18.0 Å². The molecule has 1 atom stereocenters. The largest absolute Gasteiger partial charge is 0.396 e. The van der Waals surface area contributed by atoms with E-state index in [2.05, 4.69) is 28.8 Å². The van der Waals surface area contributed by atoms with Crippen LogP contribution in [-0.4, -0.2) is 58.4 Å². The Hall–Kier alpha value is -0.910. The second-order valence-electron chi connectivity index (χ2n) is 5.22. The van der Waals surface area contributed by atoms with Crippen molar-refractivity contribution in [1.29, 1.82) is 0 Å². The molecule has 0 aromatic carbocycles. The van der Waals surface area contributed by atoms with Gasteiger partial charge in [-0.3, -0.25) is 9.80 Å². The lowest BCUT2D eigenvalue weighted by Gasteiger charge is -2.43. The van der Waals surface area contributed by atoms with Crippen LogP contribution in [0.3, 0.4) is 0 Å². The molecule has 0 bridgehead atoms. The number of aromatic nitrogens is 1. The van der Waals surface area contributed by atoms with Gasteiger partial charge in [0.2, 0.25) is 0 Å². The van der Waals surface area contributed by atoms with Gasteiger partial charge in [-0.15, -0.1) is 0 Å². The Morgan fingerprint density at radius 3 is 2.94 bits per heavy atom. The van der Waals surface area contributed by atoms with Crippen LogP contribution in [0.4, 0.5) is 0 Å². The van der Waals surface area contributed by atoms with Gasteiger partial charge in [0.25, 0.3) is 0 Å². The number of aliphatic hydroxyl groups excluding tert-OH is 1. The van der Waals surface area contributed by atoms with E-state index in [0.717, 1.165) is 38.3 Å². The summed E-state index contributed by atoms with van der Waals surface area (Å²) in [4.78, 5) is 4.87. The molecule has 1 aliphatic heterocycles. The molecule has 2 heterocycles. The van der Waals surface area contributed by atoms with Gasteiger partial charge in [-0.2, -0.15) is 0 Å². The first-order valence-electron chi connectivity index (χ1n) is 6.69. The number of piperazine rings is 1. The van der Waals surface area contributed by atoms with Crippen LogP contribution in [0.1, 0.15) is 26.0 Å². The molecule has 0 radical (unpaired) electrons. The van der Waals surface area contributed by atoms with Crippen molar-refractivity contribution in [2.24, 2.45) is 0 Å². The van der Waals surface area contributed by atoms with Crippen LogP contribution in [0.25, 0.3) is 0 Å². The fraction of sp³-hybridized carbons (Fsp3) is 0.769. The van der Waals surface area contributed by atoms with Crippen LogP contribution in [0.5, 0.6) is 0 Å².